The molecule has 4 aromatic carbocycles. The van der Waals surface area contributed by atoms with Crippen LogP contribution < -0.4 is 53.0 Å². The van der Waals surface area contributed by atoms with Gasteiger partial charge in [-0.25, -0.2) is 13.8 Å². The standard InChI is InChI=1S/C69H82F2N14O12S2/c1-69-19-6-22-85(69)67(95)58(26-40-10-14-48(97-2)15-11-40)84-65(93)56(31-47-35-73-39-78-47)82-66(94)57(32-61(88)89)83-64(92)55(28-44-34-76-52-17-13-46(71)30-50(44)52)81-63(91)54(27-43-33-75-51-16-12-45(70)29-49(43)51)80-60(87)36-77-62(90)53(9-3-4-20-72)79-59(86)18-23-98-37-41-7-5-8-42(25-41)38-99-24-21-74-68(69)96/h5,7-8,10-17,25,29-30,33-34,39,53-58,75-76H,3-4,6,9,18-24,26-28,31-32,35-38,72H2,1-2H3,(H,74,96)(H,77,90)(H,79,86)(H,80,87)(H,81,91)(H,82,94)(H,83,92)(H,84,93)(H,88,89)/t53-,54-,55-,56-,57-,58-,69-/m0/s1. The topological polar surface area (TPSA) is 382 Å². The largest absolute Gasteiger partial charge is 0.497 e. The van der Waals surface area contributed by atoms with Gasteiger partial charge < -0.3 is 73.0 Å². The third kappa shape index (κ3) is 20.5. The van der Waals surface area contributed by atoms with Gasteiger partial charge >= 0.3 is 5.97 Å². The minimum atomic E-state index is -2.00. The van der Waals surface area contributed by atoms with E-state index in [0.29, 0.717) is 94.2 Å². The molecule has 3 aliphatic rings. The normalized spacial score (nSPS) is 22.8. The number of nitrogens with two attached hydrogens (primary N) is 1. The molecule has 526 valence electrons. The average molecular weight is 1400 g/mol. The number of aliphatic imine (C=N–C) groups is 2. The average Bonchev–Trinajstić information content (AvgIpc) is 1.70. The molecule has 9 amide bonds. The van der Waals surface area contributed by atoms with Gasteiger partial charge in [0, 0.05) is 108 Å². The van der Waals surface area contributed by atoms with Gasteiger partial charge in [-0.15, -0.1) is 0 Å². The molecule has 2 bridgehead atoms. The van der Waals surface area contributed by atoms with E-state index in [1.807, 2.05) is 18.2 Å². The van der Waals surface area contributed by atoms with Crippen molar-refractivity contribution in [3.8, 4) is 5.75 Å². The Morgan fingerprint density at radius 3 is 1.86 bits per heavy atom. The van der Waals surface area contributed by atoms with E-state index in [9.17, 15) is 42.7 Å². The van der Waals surface area contributed by atoms with Crippen LogP contribution in [0.15, 0.2) is 107 Å². The number of halogens is 2. The molecule has 0 radical (unpaired) electrons. The predicted molar refractivity (Wildman–Crippen MR) is 372 cm³/mol. The first-order valence-electron chi connectivity index (χ1n) is 32.7. The molecular formula is C69H82F2N14O12S2. The van der Waals surface area contributed by atoms with E-state index in [1.165, 1.54) is 78.9 Å². The number of methoxy groups -OCH3 is 1. The van der Waals surface area contributed by atoms with Crippen LogP contribution in [0.4, 0.5) is 8.78 Å². The third-order valence-corrected chi connectivity index (χ3v) is 19.5. The van der Waals surface area contributed by atoms with E-state index in [4.69, 9.17) is 10.5 Å². The number of fused-ring (bicyclic) bond motifs is 5. The molecular weight excluding hydrogens is 1320 g/mol. The number of benzene rings is 4. The number of H-pyrrole nitrogens is 2. The number of thioether (sulfide) groups is 2. The van der Waals surface area contributed by atoms with Gasteiger partial charge in [-0.05, 0) is 122 Å². The van der Waals surface area contributed by atoms with Crippen molar-refractivity contribution < 1.29 is 66.6 Å². The van der Waals surface area contributed by atoms with Crippen LogP contribution in [0.3, 0.4) is 0 Å². The van der Waals surface area contributed by atoms with E-state index in [0.717, 1.165) is 11.1 Å². The minimum absolute atomic E-state index is 0.0114. The molecule has 0 spiro atoms. The zero-order valence-corrected chi connectivity index (χ0v) is 56.5. The summed E-state index contributed by atoms with van der Waals surface area (Å²) in [5.74, 6) is -7.54. The van der Waals surface area contributed by atoms with Crippen LogP contribution >= 0.6 is 23.5 Å². The molecule has 0 unspecified atom stereocenters. The van der Waals surface area contributed by atoms with Crippen LogP contribution in [-0.2, 0) is 78.7 Å². The summed E-state index contributed by atoms with van der Waals surface area (Å²) >= 11 is 3.12. The van der Waals surface area contributed by atoms with Crippen molar-refractivity contribution in [1.29, 1.82) is 0 Å². The first kappa shape index (κ1) is 73.6. The first-order valence-corrected chi connectivity index (χ1v) is 35.0. The number of carbonyl (C=O) groups is 10. The van der Waals surface area contributed by atoms with Gasteiger partial charge in [0.2, 0.25) is 53.2 Å². The highest BCUT2D eigenvalue weighted by molar-refractivity contribution is 7.98. The van der Waals surface area contributed by atoms with Crippen LogP contribution in [-0.4, -0.2) is 184 Å². The molecule has 0 aliphatic carbocycles. The fourth-order valence-electron chi connectivity index (χ4n) is 12.1. The summed E-state index contributed by atoms with van der Waals surface area (Å²) in [6.45, 7) is 1.71. The number of carboxylic acids is 1. The van der Waals surface area contributed by atoms with Gasteiger partial charge in [0.15, 0.2) is 0 Å². The lowest BCUT2D eigenvalue weighted by molar-refractivity contribution is -0.146. The second-order valence-corrected chi connectivity index (χ2v) is 26.9. The van der Waals surface area contributed by atoms with Crippen molar-refractivity contribution in [2.24, 2.45) is 15.7 Å². The molecule has 1 fully saturated rings. The number of ether oxygens (including phenoxy) is 1. The highest BCUT2D eigenvalue weighted by Gasteiger charge is 2.48. The molecule has 3 aliphatic heterocycles. The van der Waals surface area contributed by atoms with Crippen LogP contribution in [0.5, 0.6) is 5.75 Å². The van der Waals surface area contributed by atoms with Crippen LogP contribution in [0.1, 0.15) is 86.1 Å². The number of aromatic nitrogens is 2. The Morgan fingerprint density at radius 2 is 1.25 bits per heavy atom. The predicted octanol–water partition coefficient (Wildman–Crippen LogP) is 3.53. The molecule has 9 rings (SSSR count). The fraction of sp³-hybridized carbons (Fsp3) is 0.420. The number of unbranched alkanes of at least 4 members (excludes halogenated alkanes) is 1. The molecule has 6 aromatic rings. The van der Waals surface area contributed by atoms with Crippen LogP contribution in [0.25, 0.3) is 21.8 Å². The molecule has 2 aromatic heterocycles. The quantitative estimate of drug-likeness (QED) is 0.0655. The summed E-state index contributed by atoms with van der Waals surface area (Å²) in [6.07, 6.45) is 3.85. The summed E-state index contributed by atoms with van der Waals surface area (Å²) in [4.78, 5) is 160. The smallest absolute Gasteiger partial charge is 0.305 e. The number of aliphatic carboxylic acids is 1. The Labute approximate surface area is 578 Å². The van der Waals surface area contributed by atoms with E-state index >= 15 is 19.2 Å². The lowest BCUT2D eigenvalue weighted by Gasteiger charge is -2.36. The molecule has 13 N–H and O–H groups in total. The van der Waals surface area contributed by atoms with E-state index in [2.05, 4.69) is 68.6 Å². The Hall–Kier alpha value is -9.68. The maximum absolute atomic E-state index is 15.2. The highest BCUT2D eigenvalue weighted by Crippen LogP contribution is 2.31. The van der Waals surface area contributed by atoms with Crippen LogP contribution in [0.2, 0.25) is 0 Å². The number of nitrogens with zero attached hydrogens (tertiary/aromatic N) is 3. The van der Waals surface area contributed by atoms with E-state index in [1.54, 1.807) is 43.0 Å². The van der Waals surface area contributed by atoms with Crippen molar-refractivity contribution in [1.82, 2.24) is 57.4 Å². The summed E-state index contributed by atoms with van der Waals surface area (Å²) in [5.41, 5.74) is 8.88. The number of hydrogen-bond donors (Lipinski definition) is 12. The minimum Gasteiger partial charge on any atom is -0.497 e. The summed E-state index contributed by atoms with van der Waals surface area (Å²) in [6, 6.07) is 13.0. The van der Waals surface area contributed by atoms with Gasteiger partial charge in [0.25, 0.3) is 0 Å². The molecule has 99 heavy (non-hydrogen) atoms. The Bertz CT molecular complexity index is 4000. The number of rotatable bonds is 15. The van der Waals surface area contributed by atoms with Crippen molar-refractivity contribution >= 4 is 117 Å². The number of amides is 9. The maximum atomic E-state index is 15.2. The lowest BCUT2D eigenvalue weighted by atomic mass is 9.95. The zero-order chi connectivity index (χ0) is 70.6. The molecule has 5 heterocycles. The van der Waals surface area contributed by atoms with Gasteiger partial charge in [-0.3, -0.25) is 52.9 Å². The summed E-state index contributed by atoms with van der Waals surface area (Å²) in [7, 11) is 1.49. The second-order valence-electron chi connectivity index (χ2n) is 24.7. The lowest BCUT2D eigenvalue weighted by Crippen LogP contribution is -2.62. The van der Waals surface area contributed by atoms with E-state index in [-0.39, 0.29) is 62.7 Å². The first-order chi connectivity index (χ1) is 47.7. The number of hydrogen-bond acceptors (Lipinski definition) is 16. The number of carbonyl (C=O) groups excluding carboxylic acids is 9. The number of nitrogens with one attached hydrogen (secondary N) is 10. The van der Waals surface area contributed by atoms with E-state index < -0.39 is 132 Å². The maximum Gasteiger partial charge on any atom is 0.305 e. The summed E-state index contributed by atoms with van der Waals surface area (Å²) in [5, 5.41) is 32.5. The van der Waals surface area contributed by atoms with Gasteiger partial charge in [0.05, 0.1) is 26.6 Å². The molecule has 7 atom stereocenters. The van der Waals surface area contributed by atoms with Crippen molar-refractivity contribution in [2.75, 3.05) is 51.3 Å². The molecule has 1 saturated heterocycles. The molecule has 0 saturated carbocycles. The van der Waals surface area contributed by atoms with Crippen LogP contribution in [0, 0.1) is 11.6 Å². The summed E-state index contributed by atoms with van der Waals surface area (Å²) < 4.78 is 35.2. The zero-order valence-electron chi connectivity index (χ0n) is 54.9. The Morgan fingerprint density at radius 1 is 0.667 bits per heavy atom. The SMILES string of the molecule is COc1ccc(C[C@@H]2NC(=O)[C@H](CC3=NC=NC3)NC(=O)[C@H](CC(=O)O)NC(=O)[C@H](Cc3c[nH]c4ccc(F)cc34)NC(=O)[C@H](Cc3c[nH]c4ccc(F)cc34)NC(=O)CNC(=O)[C@H](CCCCN)NC(=O)CCSCc3cccc(c3)CSCCNC(=O)[C@]3(C)CCCN3C2=O)cc1. The fourth-order valence-corrected chi connectivity index (χ4v) is 13.8. The van der Waals surface area contributed by atoms with Crippen molar-refractivity contribution in [2.45, 2.75) is 131 Å². The van der Waals surface area contributed by atoms with Gasteiger partial charge in [0.1, 0.15) is 65.5 Å². The second kappa shape index (κ2) is 35.2. The van der Waals surface area contributed by atoms with Crippen molar-refractivity contribution in [3.05, 3.63) is 137 Å². The monoisotopic (exact) mass is 1400 g/mol. The number of carboxylic acid groups (broad SMARTS) is 1. The van der Waals surface area contributed by atoms with Gasteiger partial charge in [-0.2, -0.15) is 23.5 Å². The highest BCUT2D eigenvalue weighted by atomic mass is 32.2. The number of aromatic amines is 2. The Kier molecular flexibility index (Phi) is 26.2. The molecule has 26 nitrogen and oxygen atoms in total. The van der Waals surface area contributed by atoms with Crippen molar-refractivity contribution in [3.63, 3.8) is 0 Å². The Balaban J connectivity index is 1.04. The van der Waals surface area contributed by atoms with Gasteiger partial charge in [-0.1, -0.05) is 36.4 Å². The third-order valence-electron chi connectivity index (χ3n) is 17.4. The molecule has 30 heteroatoms.